The normalized spacial score (nSPS) is 30.5. The zero-order valence-corrected chi connectivity index (χ0v) is 17.9. The molecule has 6 nitrogen and oxygen atoms in total. The van der Waals surface area contributed by atoms with Crippen molar-refractivity contribution in [2.45, 2.75) is 81.8 Å². The summed E-state index contributed by atoms with van der Waals surface area (Å²) in [4.78, 5) is 29.3. The minimum atomic E-state index is -0.117. The van der Waals surface area contributed by atoms with Gasteiger partial charge in [0.25, 0.3) is 0 Å². The zero-order chi connectivity index (χ0) is 20.7. The largest absolute Gasteiger partial charge is 0.450 e. The maximum atomic E-state index is 12.4. The number of benzene rings is 1. The summed E-state index contributed by atoms with van der Waals surface area (Å²) < 4.78 is 5.31. The van der Waals surface area contributed by atoms with E-state index < -0.39 is 0 Å². The molecular weight excluding hydrogens is 378 g/mol. The number of rotatable bonds is 2. The smallest absolute Gasteiger partial charge is 0.410 e. The number of anilines is 1. The Bertz CT molecular complexity index is 804. The van der Waals surface area contributed by atoms with Gasteiger partial charge in [0.15, 0.2) is 0 Å². The van der Waals surface area contributed by atoms with Gasteiger partial charge in [-0.3, -0.25) is 4.79 Å². The Kier molecular flexibility index (Phi) is 5.21. The number of fused-ring (bicyclic) bond motifs is 4. The van der Waals surface area contributed by atoms with Gasteiger partial charge in [-0.2, -0.15) is 0 Å². The zero-order valence-electron chi connectivity index (χ0n) is 17.9. The predicted octanol–water partition coefficient (Wildman–Crippen LogP) is 3.90. The summed E-state index contributed by atoms with van der Waals surface area (Å²) >= 11 is 0. The quantitative estimate of drug-likeness (QED) is 0.802. The lowest BCUT2D eigenvalue weighted by Crippen LogP contribution is -2.55. The molecule has 3 saturated heterocycles. The Balaban J connectivity index is 1.27. The van der Waals surface area contributed by atoms with Crippen molar-refractivity contribution >= 4 is 17.7 Å². The molecule has 1 spiro atoms. The summed E-state index contributed by atoms with van der Waals surface area (Å²) in [5, 5.41) is 3.11. The first kappa shape index (κ1) is 19.9. The topological polar surface area (TPSA) is 61.9 Å². The van der Waals surface area contributed by atoms with Crippen molar-refractivity contribution in [2.24, 2.45) is 0 Å². The number of hydrogen-bond acceptors (Lipinski definition) is 4. The Morgan fingerprint density at radius 2 is 1.80 bits per heavy atom. The Morgan fingerprint density at radius 1 is 1.10 bits per heavy atom. The molecule has 0 aliphatic carbocycles. The van der Waals surface area contributed by atoms with Gasteiger partial charge in [-0.25, -0.2) is 4.79 Å². The number of nitrogens with one attached hydrogen (secondary N) is 1. The van der Waals surface area contributed by atoms with Crippen molar-refractivity contribution in [3.05, 3.63) is 29.8 Å². The predicted molar refractivity (Wildman–Crippen MR) is 115 cm³/mol. The third-order valence-electron chi connectivity index (χ3n) is 8.06. The van der Waals surface area contributed by atoms with Crippen LogP contribution in [0, 0.1) is 0 Å². The Labute approximate surface area is 178 Å². The van der Waals surface area contributed by atoms with Crippen LogP contribution in [0.15, 0.2) is 24.3 Å². The van der Waals surface area contributed by atoms with Crippen LogP contribution in [0.3, 0.4) is 0 Å². The summed E-state index contributed by atoms with van der Waals surface area (Å²) in [5.41, 5.74) is 2.44. The Morgan fingerprint density at radius 3 is 2.50 bits per heavy atom. The molecule has 4 aliphatic heterocycles. The number of carbonyl (C=O) groups excluding carboxylic acids is 2. The van der Waals surface area contributed by atoms with Crippen LogP contribution in [-0.2, 0) is 14.9 Å². The van der Waals surface area contributed by atoms with Crippen molar-refractivity contribution in [3.8, 4) is 0 Å². The molecule has 0 radical (unpaired) electrons. The second-order valence-electron chi connectivity index (χ2n) is 9.53. The van der Waals surface area contributed by atoms with Gasteiger partial charge in [0.1, 0.15) is 0 Å². The van der Waals surface area contributed by atoms with Crippen LogP contribution in [0.4, 0.5) is 10.5 Å². The highest BCUT2D eigenvalue weighted by Gasteiger charge is 2.47. The maximum absolute atomic E-state index is 12.4. The van der Waals surface area contributed by atoms with Crippen molar-refractivity contribution in [1.29, 1.82) is 0 Å². The number of carbonyl (C=O) groups is 2. The number of likely N-dealkylation sites (tertiary alicyclic amines) is 1. The molecule has 4 heterocycles. The monoisotopic (exact) mass is 411 g/mol. The molecule has 2 amide bonds. The summed E-state index contributed by atoms with van der Waals surface area (Å²) in [6, 6.07) is 9.62. The molecule has 1 N–H and O–H groups in total. The van der Waals surface area contributed by atoms with Crippen LogP contribution >= 0.6 is 0 Å². The molecule has 6 heteroatoms. The molecule has 2 unspecified atom stereocenters. The van der Waals surface area contributed by atoms with Crippen molar-refractivity contribution in [2.75, 3.05) is 25.0 Å². The minimum Gasteiger partial charge on any atom is -0.450 e. The number of para-hydroxylation sites is 1. The van der Waals surface area contributed by atoms with Crippen molar-refractivity contribution in [1.82, 2.24) is 9.80 Å². The van der Waals surface area contributed by atoms with E-state index in [0.717, 1.165) is 63.7 Å². The van der Waals surface area contributed by atoms with Gasteiger partial charge in [-0.15, -0.1) is 0 Å². The first-order chi connectivity index (χ1) is 14.6. The van der Waals surface area contributed by atoms with E-state index in [1.165, 1.54) is 5.56 Å². The van der Waals surface area contributed by atoms with Gasteiger partial charge in [0.05, 0.1) is 6.61 Å². The van der Waals surface area contributed by atoms with Crippen LogP contribution in [0.1, 0.15) is 63.9 Å². The molecule has 0 saturated carbocycles. The third kappa shape index (κ3) is 3.39. The number of nitrogens with zero attached hydrogens (tertiary/aromatic N) is 2. The second kappa shape index (κ2) is 7.88. The number of piperidine rings is 2. The van der Waals surface area contributed by atoms with Crippen LogP contribution in [-0.4, -0.2) is 59.6 Å². The SMILES string of the molecule is CCOC(=O)N1C2CCC1CC(N1CCC3(CCC(=O)Nc4ccccc43)CC1)C2. The van der Waals surface area contributed by atoms with Gasteiger partial charge in [-0.05, 0) is 76.6 Å². The van der Waals surface area contributed by atoms with Gasteiger partial charge in [0.2, 0.25) is 5.91 Å². The van der Waals surface area contributed by atoms with Crippen LogP contribution in [0.5, 0.6) is 0 Å². The van der Waals surface area contributed by atoms with E-state index in [9.17, 15) is 9.59 Å². The fraction of sp³-hybridized carbons (Fsp3) is 0.667. The van der Waals surface area contributed by atoms with Crippen LogP contribution < -0.4 is 5.32 Å². The molecule has 5 rings (SSSR count). The van der Waals surface area contributed by atoms with Crippen molar-refractivity contribution in [3.63, 3.8) is 0 Å². The molecule has 3 fully saturated rings. The molecule has 162 valence electrons. The van der Waals surface area contributed by atoms with Gasteiger partial charge in [-0.1, -0.05) is 18.2 Å². The molecule has 4 aliphatic rings. The van der Waals surface area contributed by atoms with Crippen molar-refractivity contribution < 1.29 is 14.3 Å². The lowest BCUT2D eigenvalue weighted by Gasteiger charge is -2.48. The first-order valence-electron chi connectivity index (χ1n) is 11.7. The standard InChI is InChI=1S/C24H33N3O3/c1-2-30-23(29)27-17-7-8-18(27)16-19(15-17)26-13-11-24(12-14-26)10-9-22(28)25-21-6-4-3-5-20(21)24/h3-6,17-19H,2,7-16H2,1H3,(H,25,28). The molecule has 1 aromatic carbocycles. The number of amides is 2. The summed E-state index contributed by atoms with van der Waals surface area (Å²) in [5.74, 6) is 0.143. The molecule has 30 heavy (non-hydrogen) atoms. The second-order valence-corrected chi connectivity index (χ2v) is 9.53. The molecule has 2 atom stereocenters. The number of hydrogen-bond donors (Lipinski definition) is 1. The fourth-order valence-electron chi connectivity index (χ4n) is 6.53. The molecule has 2 bridgehead atoms. The highest BCUT2D eigenvalue weighted by Crippen LogP contribution is 2.46. The van der Waals surface area contributed by atoms with E-state index in [-0.39, 0.29) is 17.4 Å². The fourth-order valence-corrected chi connectivity index (χ4v) is 6.53. The summed E-state index contributed by atoms with van der Waals surface area (Å²) in [6.07, 6.45) is 8.00. The maximum Gasteiger partial charge on any atom is 0.410 e. The molecule has 0 aromatic heterocycles. The van der Waals surface area contributed by atoms with Gasteiger partial charge < -0.3 is 19.9 Å². The highest BCUT2D eigenvalue weighted by atomic mass is 16.6. The lowest BCUT2D eigenvalue weighted by molar-refractivity contribution is -0.116. The summed E-state index contributed by atoms with van der Waals surface area (Å²) in [7, 11) is 0. The van der Waals surface area contributed by atoms with E-state index in [2.05, 4.69) is 28.4 Å². The average Bonchev–Trinajstić information content (AvgIpc) is 2.94. The van der Waals surface area contributed by atoms with E-state index >= 15 is 0 Å². The van der Waals surface area contributed by atoms with E-state index in [0.29, 0.717) is 31.2 Å². The van der Waals surface area contributed by atoms with Crippen LogP contribution in [0.2, 0.25) is 0 Å². The van der Waals surface area contributed by atoms with Gasteiger partial charge >= 0.3 is 6.09 Å². The van der Waals surface area contributed by atoms with E-state index in [1.807, 2.05) is 17.9 Å². The molecular formula is C24H33N3O3. The minimum absolute atomic E-state index is 0.108. The lowest BCUT2D eigenvalue weighted by atomic mass is 9.69. The average molecular weight is 412 g/mol. The molecule has 1 aromatic rings. The third-order valence-corrected chi connectivity index (χ3v) is 8.06. The van der Waals surface area contributed by atoms with Crippen LogP contribution in [0.25, 0.3) is 0 Å². The number of ether oxygens (including phenoxy) is 1. The highest BCUT2D eigenvalue weighted by molar-refractivity contribution is 5.92. The Hall–Kier alpha value is -2.08. The van der Waals surface area contributed by atoms with E-state index in [1.54, 1.807) is 0 Å². The van der Waals surface area contributed by atoms with E-state index in [4.69, 9.17) is 4.74 Å². The summed E-state index contributed by atoms with van der Waals surface area (Å²) in [6.45, 7) is 4.48. The first-order valence-corrected chi connectivity index (χ1v) is 11.7. The van der Waals surface area contributed by atoms with Gasteiger partial charge in [0, 0.05) is 35.6 Å².